The summed E-state index contributed by atoms with van der Waals surface area (Å²) in [6.07, 6.45) is 5.46. The van der Waals surface area contributed by atoms with Crippen LogP contribution < -0.4 is 5.32 Å². The highest BCUT2D eigenvalue weighted by atomic mass is 16.5. The van der Waals surface area contributed by atoms with Crippen LogP contribution in [0.15, 0.2) is 18.5 Å². The summed E-state index contributed by atoms with van der Waals surface area (Å²) in [5, 5.41) is 3.39. The van der Waals surface area contributed by atoms with Crippen LogP contribution in [0, 0.1) is 5.92 Å². The first-order valence-electron chi connectivity index (χ1n) is 6.65. The third-order valence-corrected chi connectivity index (χ3v) is 2.77. The van der Waals surface area contributed by atoms with Crippen molar-refractivity contribution >= 4 is 0 Å². The minimum atomic E-state index is 0.733. The average molecular weight is 238 g/mol. The fraction of sp³-hybridized carbons (Fsp3) is 0.714. The predicted molar refractivity (Wildman–Crippen MR) is 72.1 cm³/mol. The van der Waals surface area contributed by atoms with Gasteiger partial charge in [0.2, 0.25) is 0 Å². The number of rotatable bonds is 9. The Morgan fingerprint density at radius 2 is 2.18 bits per heavy atom. The van der Waals surface area contributed by atoms with Crippen molar-refractivity contribution in [2.45, 2.75) is 40.3 Å². The second-order valence-electron chi connectivity index (χ2n) is 4.82. The summed E-state index contributed by atoms with van der Waals surface area (Å²) in [5.74, 6) is 0.733. The van der Waals surface area contributed by atoms with E-state index in [4.69, 9.17) is 4.74 Å². The van der Waals surface area contributed by atoms with Crippen LogP contribution in [0.4, 0.5) is 0 Å². The fourth-order valence-electron chi connectivity index (χ4n) is 1.59. The second kappa shape index (κ2) is 8.31. The largest absolute Gasteiger partial charge is 0.380 e. The first-order chi connectivity index (χ1) is 8.22. The lowest BCUT2D eigenvalue weighted by molar-refractivity contribution is 0.125. The van der Waals surface area contributed by atoms with Gasteiger partial charge in [-0.25, -0.2) is 0 Å². The van der Waals surface area contributed by atoms with Gasteiger partial charge in [-0.1, -0.05) is 13.8 Å². The zero-order chi connectivity index (χ0) is 12.5. The van der Waals surface area contributed by atoms with Crippen LogP contribution >= 0.6 is 0 Å². The Kier molecular flexibility index (Phi) is 6.97. The monoisotopic (exact) mass is 238 g/mol. The molecule has 1 aromatic rings. The van der Waals surface area contributed by atoms with Gasteiger partial charge in [-0.3, -0.25) is 0 Å². The highest BCUT2D eigenvalue weighted by Gasteiger charge is 1.96. The van der Waals surface area contributed by atoms with Crippen LogP contribution in [0.2, 0.25) is 0 Å². The van der Waals surface area contributed by atoms with E-state index in [0.29, 0.717) is 0 Å². The van der Waals surface area contributed by atoms with Crippen molar-refractivity contribution in [3.05, 3.63) is 24.0 Å². The third-order valence-electron chi connectivity index (χ3n) is 2.77. The van der Waals surface area contributed by atoms with Gasteiger partial charge < -0.3 is 14.6 Å². The van der Waals surface area contributed by atoms with E-state index in [9.17, 15) is 0 Å². The molecule has 17 heavy (non-hydrogen) atoms. The molecular weight excluding hydrogens is 212 g/mol. The lowest BCUT2D eigenvalue weighted by Crippen LogP contribution is -2.19. The van der Waals surface area contributed by atoms with Crippen molar-refractivity contribution in [2.24, 2.45) is 5.92 Å². The van der Waals surface area contributed by atoms with E-state index in [0.717, 1.165) is 45.2 Å². The van der Waals surface area contributed by atoms with E-state index < -0.39 is 0 Å². The quantitative estimate of drug-likeness (QED) is 0.669. The van der Waals surface area contributed by atoms with E-state index in [1.54, 1.807) is 0 Å². The van der Waals surface area contributed by atoms with Crippen LogP contribution in [0.3, 0.4) is 0 Å². The number of aromatic nitrogens is 1. The molecule has 0 aliphatic carbocycles. The molecule has 0 radical (unpaired) electrons. The molecule has 1 N–H and O–H groups in total. The molecule has 0 aliphatic rings. The number of aryl methyl sites for hydroxylation is 1. The number of nitrogens with one attached hydrogen (secondary N) is 1. The molecule has 1 rings (SSSR count). The van der Waals surface area contributed by atoms with E-state index in [1.165, 1.54) is 5.56 Å². The molecule has 0 spiro atoms. The van der Waals surface area contributed by atoms with Gasteiger partial charge in [-0.05, 0) is 30.9 Å². The van der Waals surface area contributed by atoms with Gasteiger partial charge in [0.15, 0.2) is 0 Å². The standard InChI is InChI=1S/C14H26N2O/c1-4-16-8-5-14(12-16)11-15-7-10-17-9-6-13(2)3/h5,8,12-13,15H,4,6-7,9-11H2,1-3H3. The van der Waals surface area contributed by atoms with E-state index in [2.05, 4.69) is 49.1 Å². The van der Waals surface area contributed by atoms with Gasteiger partial charge in [-0.2, -0.15) is 0 Å². The first-order valence-corrected chi connectivity index (χ1v) is 6.65. The second-order valence-corrected chi connectivity index (χ2v) is 4.82. The molecule has 1 aromatic heterocycles. The molecule has 98 valence electrons. The van der Waals surface area contributed by atoms with E-state index in [1.807, 2.05) is 0 Å². The highest BCUT2D eigenvalue weighted by Crippen LogP contribution is 2.00. The van der Waals surface area contributed by atoms with E-state index in [-0.39, 0.29) is 0 Å². The summed E-state index contributed by atoms with van der Waals surface area (Å²) in [4.78, 5) is 0. The summed E-state index contributed by atoms with van der Waals surface area (Å²) >= 11 is 0. The smallest absolute Gasteiger partial charge is 0.0591 e. The number of hydrogen-bond donors (Lipinski definition) is 1. The van der Waals surface area contributed by atoms with Gasteiger partial charge in [0.25, 0.3) is 0 Å². The number of nitrogens with zero attached hydrogens (tertiary/aromatic N) is 1. The SMILES string of the molecule is CCn1ccc(CNCCOCCC(C)C)c1. The third kappa shape index (κ3) is 6.49. The van der Waals surface area contributed by atoms with Gasteiger partial charge in [0, 0.05) is 38.6 Å². The summed E-state index contributed by atoms with van der Waals surface area (Å²) in [7, 11) is 0. The van der Waals surface area contributed by atoms with Crippen LogP contribution in [0.1, 0.15) is 32.8 Å². The molecule has 3 nitrogen and oxygen atoms in total. The lowest BCUT2D eigenvalue weighted by atomic mass is 10.1. The Hall–Kier alpha value is -0.800. The molecular formula is C14H26N2O. The van der Waals surface area contributed by atoms with Crippen LogP contribution in [-0.4, -0.2) is 24.3 Å². The van der Waals surface area contributed by atoms with Crippen molar-refractivity contribution in [3.63, 3.8) is 0 Å². The Morgan fingerprint density at radius 3 is 2.82 bits per heavy atom. The molecule has 0 saturated carbocycles. The fourth-order valence-corrected chi connectivity index (χ4v) is 1.59. The molecule has 0 aliphatic heterocycles. The maximum Gasteiger partial charge on any atom is 0.0591 e. The molecule has 0 amide bonds. The van der Waals surface area contributed by atoms with Crippen molar-refractivity contribution < 1.29 is 4.74 Å². The van der Waals surface area contributed by atoms with Gasteiger partial charge in [0.05, 0.1) is 6.61 Å². The van der Waals surface area contributed by atoms with Crippen LogP contribution in [-0.2, 0) is 17.8 Å². The Bertz CT molecular complexity index is 294. The number of hydrogen-bond acceptors (Lipinski definition) is 2. The minimum Gasteiger partial charge on any atom is -0.380 e. The van der Waals surface area contributed by atoms with Gasteiger partial charge >= 0.3 is 0 Å². The average Bonchev–Trinajstić information content (AvgIpc) is 2.75. The van der Waals surface area contributed by atoms with Crippen molar-refractivity contribution in [3.8, 4) is 0 Å². The topological polar surface area (TPSA) is 26.2 Å². The van der Waals surface area contributed by atoms with Crippen LogP contribution in [0.25, 0.3) is 0 Å². The van der Waals surface area contributed by atoms with Gasteiger partial charge in [-0.15, -0.1) is 0 Å². The Balaban J connectivity index is 1.97. The molecule has 1 heterocycles. The maximum absolute atomic E-state index is 5.54. The molecule has 0 atom stereocenters. The van der Waals surface area contributed by atoms with Crippen molar-refractivity contribution in [2.75, 3.05) is 19.8 Å². The first kappa shape index (κ1) is 14.3. The molecule has 0 fully saturated rings. The molecule has 0 saturated heterocycles. The summed E-state index contributed by atoms with van der Waals surface area (Å²) < 4.78 is 7.73. The molecule has 0 unspecified atom stereocenters. The molecule has 3 heteroatoms. The molecule has 0 aromatic carbocycles. The minimum absolute atomic E-state index is 0.733. The summed E-state index contributed by atoms with van der Waals surface area (Å²) in [6, 6.07) is 2.16. The lowest BCUT2D eigenvalue weighted by Gasteiger charge is -2.07. The zero-order valence-corrected chi connectivity index (χ0v) is 11.4. The van der Waals surface area contributed by atoms with Gasteiger partial charge in [0.1, 0.15) is 0 Å². The maximum atomic E-state index is 5.54. The predicted octanol–water partition coefficient (Wildman–Crippen LogP) is 2.66. The summed E-state index contributed by atoms with van der Waals surface area (Å²) in [6.45, 7) is 11.2. The number of ether oxygens (including phenoxy) is 1. The molecule has 0 bridgehead atoms. The normalized spacial score (nSPS) is 11.3. The van der Waals surface area contributed by atoms with Crippen molar-refractivity contribution in [1.82, 2.24) is 9.88 Å². The highest BCUT2D eigenvalue weighted by molar-refractivity contribution is 5.09. The Labute approximate surface area is 105 Å². The zero-order valence-electron chi connectivity index (χ0n) is 11.4. The van der Waals surface area contributed by atoms with Crippen LogP contribution in [0.5, 0.6) is 0 Å². The van der Waals surface area contributed by atoms with Crippen molar-refractivity contribution in [1.29, 1.82) is 0 Å². The summed E-state index contributed by atoms with van der Waals surface area (Å²) in [5.41, 5.74) is 1.34. The van der Waals surface area contributed by atoms with E-state index >= 15 is 0 Å². The Morgan fingerprint density at radius 1 is 1.35 bits per heavy atom.